The molecule has 3 aromatic heterocycles. The predicted molar refractivity (Wildman–Crippen MR) is 107 cm³/mol. The zero-order valence-corrected chi connectivity index (χ0v) is 16.2. The summed E-state index contributed by atoms with van der Waals surface area (Å²) in [6, 6.07) is 8.85. The van der Waals surface area contributed by atoms with E-state index in [1.165, 1.54) is 17.9 Å². The van der Waals surface area contributed by atoms with Gasteiger partial charge in [-0.1, -0.05) is 13.8 Å². The molecule has 0 bridgehead atoms. The van der Waals surface area contributed by atoms with Crippen LogP contribution in [0, 0.1) is 0 Å². The van der Waals surface area contributed by atoms with Gasteiger partial charge in [0, 0.05) is 6.54 Å². The van der Waals surface area contributed by atoms with E-state index in [0.717, 1.165) is 13.1 Å². The Hall–Kier alpha value is -2.64. The van der Waals surface area contributed by atoms with E-state index in [9.17, 15) is 9.59 Å². The molecule has 3 heterocycles. The summed E-state index contributed by atoms with van der Waals surface area (Å²) in [5, 5.41) is 7.04. The summed E-state index contributed by atoms with van der Waals surface area (Å²) in [6.45, 7) is 6.40. The number of aromatic amines is 1. The molecule has 0 saturated carbocycles. The number of thiophene rings is 1. The maximum absolute atomic E-state index is 12.6. The van der Waals surface area contributed by atoms with E-state index >= 15 is 0 Å². The largest absolute Gasteiger partial charge is 0.463 e. The van der Waals surface area contributed by atoms with Gasteiger partial charge in [-0.3, -0.25) is 14.5 Å². The maximum Gasteiger partial charge on any atom is 0.261 e. The van der Waals surface area contributed by atoms with Gasteiger partial charge in [0.15, 0.2) is 0 Å². The Morgan fingerprint density at radius 1 is 1.26 bits per heavy atom. The summed E-state index contributed by atoms with van der Waals surface area (Å²) < 4.78 is 5.27. The third-order valence-corrected chi connectivity index (χ3v) is 5.28. The van der Waals surface area contributed by atoms with Crippen molar-refractivity contribution < 1.29 is 9.21 Å². The number of likely N-dealkylation sites (N-methyl/N-ethyl adjacent to an activating group) is 1. The van der Waals surface area contributed by atoms with E-state index < -0.39 is 5.56 Å². The van der Waals surface area contributed by atoms with Crippen LogP contribution in [0.25, 0.3) is 11.5 Å². The fourth-order valence-corrected chi connectivity index (χ4v) is 3.81. The van der Waals surface area contributed by atoms with Crippen molar-refractivity contribution in [1.29, 1.82) is 0 Å². The third kappa shape index (κ3) is 4.37. The molecule has 1 unspecified atom stereocenters. The van der Waals surface area contributed by atoms with E-state index in [-0.39, 0.29) is 17.5 Å². The Labute approximate surface area is 161 Å². The molecule has 7 heteroatoms. The summed E-state index contributed by atoms with van der Waals surface area (Å²) in [6.07, 6.45) is 1.53. The van der Waals surface area contributed by atoms with Gasteiger partial charge in [0.05, 0.1) is 18.0 Å². The molecule has 0 aliphatic rings. The van der Waals surface area contributed by atoms with Gasteiger partial charge in [-0.2, -0.15) is 11.3 Å². The maximum atomic E-state index is 12.6. The van der Waals surface area contributed by atoms with Crippen LogP contribution in [0.5, 0.6) is 0 Å². The van der Waals surface area contributed by atoms with Crippen LogP contribution in [0.2, 0.25) is 0 Å². The fraction of sp³-hybridized carbons (Fsp3) is 0.300. The lowest BCUT2D eigenvalue weighted by Crippen LogP contribution is -2.39. The number of hydrogen-bond acceptors (Lipinski definition) is 5. The van der Waals surface area contributed by atoms with Gasteiger partial charge < -0.3 is 14.7 Å². The molecule has 0 aliphatic heterocycles. The standard InChI is InChI=1S/C20H23N3O3S/c1-3-23(4-2)17(14-9-11-27-13-14)12-21-19(24)15-7-8-16(22-20(15)25)18-6-5-10-26-18/h5-11,13,17H,3-4,12H2,1-2H3,(H,21,24)(H,22,25). The first-order valence-electron chi connectivity index (χ1n) is 8.95. The second-order valence-corrected chi connectivity index (χ2v) is 6.88. The quantitative estimate of drug-likeness (QED) is 0.622. The summed E-state index contributed by atoms with van der Waals surface area (Å²) in [5.74, 6) is 0.174. The average molecular weight is 385 g/mol. The average Bonchev–Trinajstić information content (AvgIpc) is 3.38. The van der Waals surface area contributed by atoms with Crippen LogP contribution in [0.1, 0.15) is 35.8 Å². The van der Waals surface area contributed by atoms with Crippen LogP contribution in [-0.2, 0) is 0 Å². The molecule has 0 saturated heterocycles. The minimum atomic E-state index is -0.434. The molecule has 1 amide bonds. The number of carbonyl (C=O) groups excluding carboxylic acids is 1. The van der Waals surface area contributed by atoms with Gasteiger partial charge >= 0.3 is 0 Å². The van der Waals surface area contributed by atoms with Crippen LogP contribution >= 0.6 is 11.3 Å². The van der Waals surface area contributed by atoms with E-state index in [2.05, 4.69) is 40.5 Å². The smallest absolute Gasteiger partial charge is 0.261 e. The number of nitrogens with zero attached hydrogens (tertiary/aromatic N) is 1. The molecule has 0 fully saturated rings. The Kier molecular flexibility index (Phi) is 6.26. The molecule has 27 heavy (non-hydrogen) atoms. The van der Waals surface area contributed by atoms with Crippen LogP contribution in [0.3, 0.4) is 0 Å². The first kappa shape index (κ1) is 19.1. The third-order valence-electron chi connectivity index (χ3n) is 4.58. The van der Waals surface area contributed by atoms with Crippen molar-refractivity contribution in [2.75, 3.05) is 19.6 Å². The van der Waals surface area contributed by atoms with Gasteiger partial charge in [0.2, 0.25) is 0 Å². The monoisotopic (exact) mass is 385 g/mol. The SMILES string of the molecule is CCN(CC)C(CNC(=O)c1ccc(-c2ccco2)[nH]c1=O)c1ccsc1. The minimum Gasteiger partial charge on any atom is -0.463 e. The first-order chi connectivity index (χ1) is 13.1. The van der Waals surface area contributed by atoms with Gasteiger partial charge in [-0.05, 0) is 59.7 Å². The molecule has 6 nitrogen and oxygen atoms in total. The number of nitrogens with one attached hydrogen (secondary N) is 2. The molecule has 0 aromatic carbocycles. The van der Waals surface area contributed by atoms with Crippen molar-refractivity contribution >= 4 is 17.2 Å². The summed E-state index contributed by atoms with van der Waals surface area (Å²) >= 11 is 1.64. The summed E-state index contributed by atoms with van der Waals surface area (Å²) in [7, 11) is 0. The summed E-state index contributed by atoms with van der Waals surface area (Å²) in [4.78, 5) is 29.9. The lowest BCUT2D eigenvalue weighted by atomic mass is 10.1. The van der Waals surface area contributed by atoms with Crippen LogP contribution < -0.4 is 10.9 Å². The molecule has 1 atom stereocenters. The molecular formula is C20H23N3O3S. The molecule has 0 spiro atoms. The van der Waals surface area contributed by atoms with Crippen molar-refractivity contribution in [1.82, 2.24) is 15.2 Å². The molecule has 0 radical (unpaired) electrons. The molecule has 142 valence electrons. The zero-order valence-electron chi connectivity index (χ0n) is 15.4. The number of hydrogen-bond donors (Lipinski definition) is 2. The summed E-state index contributed by atoms with van der Waals surface area (Å²) in [5.41, 5.74) is 1.37. The van der Waals surface area contributed by atoms with Crippen LogP contribution in [-0.4, -0.2) is 35.4 Å². The molecule has 0 aliphatic carbocycles. The Morgan fingerprint density at radius 3 is 2.67 bits per heavy atom. The van der Waals surface area contributed by atoms with E-state index in [0.29, 0.717) is 18.0 Å². The normalized spacial score (nSPS) is 12.3. The van der Waals surface area contributed by atoms with Gasteiger partial charge in [0.1, 0.15) is 11.3 Å². The zero-order chi connectivity index (χ0) is 19.2. The molecule has 2 N–H and O–H groups in total. The van der Waals surface area contributed by atoms with Crippen LogP contribution in [0.4, 0.5) is 0 Å². The van der Waals surface area contributed by atoms with Gasteiger partial charge in [-0.25, -0.2) is 0 Å². The van der Waals surface area contributed by atoms with E-state index in [1.807, 2.05) is 5.38 Å². The van der Waals surface area contributed by atoms with E-state index in [4.69, 9.17) is 4.42 Å². The Balaban J connectivity index is 1.73. The lowest BCUT2D eigenvalue weighted by Gasteiger charge is -2.29. The molecular weight excluding hydrogens is 362 g/mol. The van der Waals surface area contributed by atoms with E-state index in [1.54, 1.807) is 29.5 Å². The second kappa shape index (κ2) is 8.83. The Bertz CT molecular complexity index is 912. The number of aromatic nitrogens is 1. The van der Waals surface area contributed by atoms with Gasteiger partial charge in [0.25, 0.3) is 11.5 Å². The van der Waals surface area contributed by atoms with Crippen molar-refractivity contribution in [3.05, 3.63) is 68.8 Å². The molecule has 3 aromatic rings. The first-order valence-corrected chi connectivity index (χ1v) is 9.89. The minimum absolute atomic E-state index is 0.0803. The number of amides is 1. The predicted octanol–water partition coefficient (Wildman–Crippen LogP) is 3.51. The topological polar surface area (TPSA) is 78.3 Å². The van der Waals surface area contributed by atoms with Crippen molar-refractivity contribution in [3.8, 4) is 11.5 Å². The van der Waals surface area contributed by atoms with Crippen molar-refractivity contribution in [2.24, 2.45) is 0 Å². The molecule has 3 rings (SSSR count). The van der Waals surface area contributed by atoms with Crippen LogP contribution in [0.15, 0.2) is 56.6 Å². The highest BCUT2D eigenvalue weighted by Gasteiger charge is 2.20. The number of pyridine rings is 1. The number of furan rings is 1. The highest BCUT2D eigenvalue weighted by Crippen LogP contribution is 2.22. The number of H-pyrrole nitrogens is 1. The lowest BCUT2D eigenvalue weighted by molar-refractivity contribution is 0.0933. The van der Waals surface area contributed by atoms with Crippen molar-refractivity contribution in [2.45, 2.75) is 19.9 Å². The number of carbonyl (C=O) groups is 1. The second-order valence-electron chi connectivity index (χ2n) is 6.10. The van der Waals surface area contributed by atoms with Gasteiger partial charge in [-0.15, -0.1) is 0 Å². The highest BCUT2D eigenvalue weighted by atomic mass is 32.1. The highest BCUT2D eigenvalue weighted by molar-refractivity contribution is 7.07. The van der Waals surface area contributed by atoms with Crippen molar-refractivity contribution in [3.63, 3.8) is 0 Å². The fourth-order valence-electron chi connectivity index (χ4n) is 3.10. The number of rotatable bonds is 8. The Morgan fingerprint density at radius 2 is 2.07 bits per heavy atom.